The third kappa shape index (κ3) is 3.44. The summed E-state index contributed by atoms with van der Waals surface area (Å²) in [7, 11) is 0. The van der Waals surface area contributed by atoms with Gasteiger partial charge in [-0.3, -0.25) is 0 Å². The van der Waals surface area contributed by atoms with E-state index in [2.05, 4.69) is 12.2 Å². The van der Waals surface area contributed by atoms with E-state index in [0.29, 0.717) is 19.3 Å². The molecule has 0 aromatic carbocycles. The molecule has 0 bridgehead atoms. The number of nitrogens with one attached hydrogen (secondary N) is 1. The average Bonchev–Trinajstić information content (AvgIpc) is 2.28. The molecule has 94 valence electrons. The smallest absolute Gasteiger partial charge is 0.0815 e. The van der Waals surface area contributed by atoms with Crippen LogP contribution >= 0.6 is 0 Å². The largest absolute Gasteiger partial charge is 0.388 e. The average molecular weight is 227 g/mol. The summed E-state index contributed by atoms with van der Waals surface area (Å²) >= 11 is 0. The predicted molar refractivity (Wildman–Crippen MR) is 64.4 cm³/mol. The van der Waals surface area contributed by atoms with E-state index in [0.717, 1.165) is 25.3 Å². The molecule has 2 aliphatic rings. The third-order valence-corrected chi connectivity index (χ3v) is 4.08. The molecule has 0 aromatic heterocycles. The number of ether oxygens (including phenoxy) is 1. The Hall–Kier alpha value is -0.120. The van der Waals surface area contributed by atoms with Crippen LogP contribution < -0.4 is 5.32 Å². The Balaban J connectivity index is 1.73. The molecule has 3 heteroatoms. The lowest BCUT2D eigenvalue weighted by molar-refractivity contribution is -0.0634. The lowest BCUT2D eigenvalue weighted by atomic mass is 9.86. The number of hydrogen-bond acceptors (Lipinski definition) is 3. The molecule has 3 nitrogen and oxygen atoms in total. The Labute approximate surface area is 98.6 Å². The quantitative estimate of drug-likeness (QED) is 0.771. The first kappa shape index (κ1) is 12.3. The van der Waals surface area contributed by atoms with Gasteiger partial charge in [-0.15, -0.1) is 0 Å². The van der Waals surface area contributed by atoms with Crippen molar-refractivity contribution >= 4 is 0 Å². The highest BCUT2D eigenvalue weighted by Gasteiger charge is 2.30. The van der Waals surface area contributed by atoms with Crippen LogP contribution in [0.1, 0.15) is 45.4 Å². The van der Waals surface area contributed by atoms with Gasteiger partial charge in [0, 0.05) is 38.6 Å². The van der Waals surface area contributed by atoms with E-state index in [1.165, 1.54) is 25.7 Å². The molecule has 16 heavy (non-hydrogen) atoms. The maximum absolute atomic E-state index is 10.3. The molecule has 0 spiro atoms. The molecule has 0 aromatic rings. The summed E-state index contributed by atoms with van der Waals surface area (Å²) in [6, 6.07) is 0.621. The van der Waals surface area contributed by atoms with Crippen molar-refractivity contribution in [3.8, 4) is 0 Å². The van der Waals surface area contributed by atoms with Gasteiger partial charge in [-0.1, -0.05) is 19.8 Å². The second-order valence-electron chi connectivity index (χ2n) is 5.69. The van der Waals surface area contributed by atoms with Gasteiger partial charge in [0.15, 0.2) is 0 Å². The van der Waals surface area contributed by atoms with E-state index in [-0.39, 0.29) is 0 Å². The second-order valence-corrected chi connectivity index (χ2v) is 5.69. The summed E-state index contributed by atoms with van der Waals surface area (Å²) in [5.41, 5.74) is -0.515. The van der Waals surface area contributed by atoms with Crippen LogP contribution in [0.25, 0.3) is 0 Å². The SMILES string of the molecule is CC1CCCC(NCC2(O)CCOCC2)C1. The van der Waals surface area contributed by atoms with E-state index >= 15 is 0 Å². The zero-order valence-electron chi connectivity index (χ0n) is 10.4. The van der Waals surface area contributed by atoms with E-state index in [9.17, 15) is 5.11 Å². The first-order valence-corrected chi connectivity index (χ1v) is 6.71. The summed E-state index contributed by atoms with van der Waals surface area (Å²) in [6.45, 7) is 4.49. The minimum atomic E-state index is -0.515. The fourth-order valence-corrected chi connectivity index (χ4v) is 2.88. The molecule has 2 rings (SSSR count). The van der Waals surface area contributed by atoms with Gasteiger partial charge in [0.1, 0.15) is 0 Å². The van der Waals surface area contributed by atoms with E-state index in [1.807, 2.05) is 0 Å². The van der Waals surface area contributed by atoms with Crippen LogP contribution in [0.5, 0.6) is 0 Å². The zero-order chi connectivity index (χ0) is 11.4. The molecule has 2 N–H and O–H groups in total. The van der Waals surface area contributed by atoms with Gasteiger partial charge < -0.3 is 15.2 Å². The minimum absolute atomic E-state index is 0.515. The van der Waals surface area contributed by atoms with Crippen LogP contribution in [0.2, 0.25) is 0 Å². The van der Waals surface area contributed by atoms with E-state index in [4.69, 9.17) is 4.74 Å². The fraction of sp³-hybridized carbons (Fsp3) is 1.00. The number of aliphatic hydroxyl groups is 1. The molecule has 1 aliphatic heterocycles. The molecule has 0 amide bonds. The predicted octanol–water partition coefficient (Wildman–Crippen LogP) is 1.70. The maximum atomic E-state index is 10.3. The lowest BCUT2D eigenvalue weighted by Crippen LogP contribution is -2.48. The van der Waals surface area contributed by atoms with Gasteiger partial charge in [-0.2, -0.15) is 0 Å². The van der Waals surface area contributed by atoms with Crippen LogP contribution in [0.4, 0.5) is 0 Å². The van der Waals surface area contributed by atoms with Crippen molar-refractivity contribution in [2.75, 3.05) is 19.8 Å². The third-order valence-electron chi connectivity index (χ3n) is 4.08. The molecule has 1 heterocycles. The van der Waals surface area contributed by atoms with Gasteiger partial charge in [0.2, 0.25) is 0 Å². The van der Waals surface area contributed by atoms with Crippen molar-refractivity contribution in [1.82, 2.24) is 5.32 Å². The van der Waals surface area contributed by atoms with Gasteiger partial charge in [-0.25, -0.2) is 0 Å². The first-order chi connectivity index (χ1) is 7.68. The Morgan fingerprint density at radius 1 is 1.31 bits per heavy atom. The lowest BCUT2D eigenvalue weighted by Gasteiger charge is -2.35. The Bertz CT molecular complexity index is 214. The summed E-state index contributed by atoms with van der Waals surface area (Å²) in [4.78, 5) is 0. The molecule has 0 radical (unpaired) electrons. The fourth-order valence-electron chi connectivity index (χ4n) is 2.88. The van der Waals surface area contributed by atoms with Crippen LogP contribution in [0, 0.1) is 5.92 Å². The summed E-state index contributed by atoms with van der Waals surface area (Å²) in [5.74, 6) is 0.843. The molecular formula is C13H25NO2. The zero-order valence-corrected chi connectivity index (χ0v) is 10.4. The van der Waals surface area contributed by atoms with Crippen molar-refractivity contribution in [2.24, 2.45) is 5.92 Å². The van der Waals surface area contributed by atoms with Gasteiger partial charge in [0.05, 0.1) is 5.60 Å². The summed E-state index contributed by atoms with van der Waals surface area (Å²) in [6.07, 6.45) is 6.81. The maximum Gasteiger partial charge on any atom is 0.0815 e. The normalized spacial score (nSPS) is 34.9. The van der Waals surface area contributed by atoms with Gasteiger partial charge >= 0.3 is 0 Å². The van der Waals surface area contributed by atoms with E-state index < -0.39 is 5.60 Å². The summed E-state index contributed by atoms with van der Waals surface area (Å²) in [5, 5.41) is 13.9. The topological polar surface area (TPSA) is 41.5 Å². The van der Waals surface area contributed by atoms with Crippen molar-refractivity contribution in [3.63, 3.8) is 0 Å². The molecular weight excluding hydrogens is 202 g/mol. The van der Waals surface area contributed by atoms with E-state index in [1.54, 1.807) is 0 Å². The van der Waals surface area contributed by atoms with Crippen LogP contribution in [0.3, 0.4) is 0 Å². The molecule has 1 saturated heterocycles. The van der Waals surface area contributed by atoms with Crippen molar-refractivity contribution in [2.45, 2.75) is 57.1 Å². The number of hydrogen-bond donors (Lipinski definition) is 2. The molecule has 2 unspecified atom stereocenters. The standard InChI is InChI=1S/C13H25NO2/c1-11-3-2-4-12(9-11)14-10-13(15)5-7-16-8-6-13/h11-12,14-15H,2-10H2,1H3. The Kier molecular flexibility index (Phi) is 4.22. The molecule has 2 fully saturated rings. The van der Waals surface area contributed by atoms with Gasteiger partial charge in [0.25, 0.3) is 0 Å². The van der Waals surface area contributed by atoms with Crippen molar-refractivity contribution < 1.29 is 9.84 Å². The highest BCUT2D eigenvalue weighted by Crippen LogP contribution is 2.25. The van der Waals surface area contributed by atoms with Crippen LogP contribution in [0.15, 0.2) is 0 Å². The van der Waals surface area contributed by atoms with Crippen LogP contribution in [-0.4, -0.2) is 36.5 Å². The van der Waals surface area contributed by atoms with Gasteiger partial charge in [-0.05, 0) is 18.8 Å². The minimum Gasteiger partial charge on any atom is -0.388 e. The monoisotopic (exact) mass is 227 g/mol. The van der Waals surface area contributed by atoms with Crippen molar-refractivity contribution in [3.05, 3.63) is 0 Å². The molecule has 1 aliphatic carbocycles. The van der Waals surface area contributed by atoms with Crippen molar-refractivity contribution in [1.29, 1.82) is 0 Å². The first-order valence-electron chi connectivity index (χ1n) is 6.71. The van der Waals surface area contributed by atoms with Crippen LogP contribution in [-0.2, 0) is 4.74 Å². The molecule has 2 atom stereocenters. The Morgan fingerprint density at radius 2 is 2.06 bits per heavy atom. The molecule has 1 saturated carbocycles. The highest BCUT2D eigenvalue weighted by atomic mass is 16.5. The number of rotatable bonds is 3. The highest BCUT2D eigenvalue weighted by molar-refractivity contribution is 4.86. The summed E-state index contributed by atoms with van der Waals surface area (Å²) < 4.78 is 5.29. The second kappa shape index (κ2) is 5.48. The Morgan fingerprint density at radius 3 is 2.75 bits per heavy atom.